The maximum Gasteiger partial charge on any atom is 0.222 e. The van der Waals surface area contributed by atoms with Gasteiger partial charge in [0.25, 0.3) is 0 Å². The van der Waals surface area contributed by atoms with Crippen LogP contribution in [0.1, 0.15) is 18.4 Å². The molecule has 2 aliphatic heterocycles. The Bertz CT molecular complexity index is 651. The predicted molar refractivity (Wildman–Crippen MR) is 109 cm³/mol. The van der Waals surface area contributed by atoms with Crippen molar-refractivity contribution in [1.82, 2.24) is 15.1 Å². The van der Waals surface area contributed by atoms with E-state index in [0.29, 0.717) is 44.2 Å². The Morgan fingerprint density at radius 3 is 2.83 bits per heavy atom. The highest BCUT2D eigenvalue weighted by atomic mass is 16.5. The topological polar surface area (TPSA) is 83.5 Å². The van der Waals surface area contributed by atoms with Gasteiger partial charge >= 0.3 is 0 Å². The normalized spacial score (nSPS) is 18.8. The van der Waals surface area contributed by atoms with E-state index in [1.165, 1.54) is 0 Å². The number of rotatable bonds is 11. The first kappa shape index (κ1) is 21.8. The van der Waals surface area contributed by atoms with Crippen LogP contribution in [-0.2, 0) is 16.1 Å². The SMILES string of the molecule is COc1cccc(CNCCN2CCCC2=O)c1OC[C@@H](O)CN1CCOCC1. The van der Waals surface area contributed by atoms with Crippen LogP contribution in [0.3, 0.4) is 0 Å². The molecule has 3 rings (SSSR count). The van der Waals surface area contributed by atoms with E-state index in [4.69, 9.17) is 14.2 Å². The third kappa shape index (κ3) is 6.57. The van der Waals surface area contributed by atoms with Crippen molar-refractivity contribution in [1.29, 1.82) is 0 Å². The highest BCUT2D eigenvalue weighted by molar-refractivity contribution is 5.78. The van der Waals surface area contributed by atoms with Crippen LogP contribution in [0, 0.1) is 0 Å². The number of hydrogen-bond donors (Lipinski definition) is 2. The lowest BCUT2D eigenvalue weighted by Gasteiger charge is -2.28. The van der Waals surface area contributed by atoms with E-state index < -0.39 is 6.10 Å². The summed E-state index contributed by atoms with van der Waals surface area (Å²) >= 11 is 0. The van der Waals surface area contributed by atoms with E-state index >= 15 is 0 Å². The van der Waals surface area contributed by atoms with Crippen molar-refractivity contribution in [3.05, 3.63) is 23.8 Å². The number of carbonyl (C=O) groups is 1. The molecule has 0 spiro atoms. The number of aliphatic hydroxyl groups is 1. The van der Waals surface area contributed by atoms with E-state index in [9.17, 15) is 9.90 Å². The fourth-order valence-electron chi connectivity index (χ4n) is 3.72. The summed E-state index contributed by atoms with van der Waals surface area (Å²) in [5.41, 5.74) is 0.968. The molecular formula is C21H33N3O5. The van der Waals surface area contributed by atoms with Gasteiger partial charge in [0.15, 0.2) is 11.5 Å². The molecule has 0 aliphatic carbocycles. The molecule has 2 N–H and O–H groups in total. The van der Waals surface area contributed by atoms with Crippen LogP contribution in [-0.4, -0.2) is 93.1 Å². The largest absolute Gasteiger partial charge is 0.493 e. The van der Waals surface area contributed by atoms with E-state index in [1.807, 2.05) is 23.1 Å². The average Bonchev–Trinajstić information content (AvgIpc) is 3.15. The molecule has 1 amide bonds. The second-order valence-corrected chi connectivity index (χ2v) is 7.49. The van der Waals surface area contributed by atoms with Crippen molar-refractivity contribution in [2.75, 3.05) is 66.2 Å². The summed E-state index contributed by atoms with van der Waals surface area (Å²) < 4.78 is 16.8. The highest BCUT2D eigenvalue weighted by Gasteiger charge is 2.20. The van der Waals surface area contributed by atoms with E-state index in [2.05, 4.69) is 10.2 Å². The standard InChI is InChI=1S/C21H33N3O5/c1-27-19-5-2-4-17(14-22-7-9-24-8-3-6-20(24)26)21(19)29-16-18(25)15-23-10-12-28-13-11-23/h2,4-5,18,22,25H,3,6-16H2,1H3/t18-/m0/s1. The van der Waals surface area contributed by atoms with Crippen LogP contribution in [0.25, 0.3) is 0 Å². The Morgan fingerprint density at radius 1 is 1.28 bits per heavy atom. The number of hydrogen-bond acceptors (Lipinski definition) is 7. The van der Waals surface area contributed by atoms with Gasteiger partial charge in [0.1, 0.15) is 12.7 Å². The van der Waals surface area contributed by atoms with Crippen LogP contribution >= 0.6 is 0 Å². The predicted octanol–water partition coefficient (Wildman–Crippen LogP) is 0.479. The molecule has 1 aromatic rings. The molecule has 1 atom stereocenters. The Morgan fingerprint density at radius 2 is 2.10 bits per heavy atom. The Balaban J connectivity index is 1.49. The first-order chi connectivity index (χ1) is 14.2. The number of nitrogens with one attached hydrogen (secondary N) is 1. The minimum absolute atomic E-state index is 0.201. The molecule has 0 unspecified atom stereocenters. The first-order valence-corrected chi connectivity index (χ1v) is 10.4. The lowest BCUT2D eigenvalue weighted by Crippen LogP contribution is -2.42. The Labute approximate surface area is 172 Å². The molecule has 0 bridgehead atoms. The Kier molecular flexibility index (Phi) is 8.54. The molecule has 29 heavy (non-hydrogen) atoms. The van der Waals surface area contributed by atoms with Crippen molar-refractivity contribution < 1.29 is 24.1 Å². The highest BCUT2D eigenvalue weighted by Crippen LogP contribution is 2.31. The van der Waals surface area contributed by atoms with Crippen LogP contribution in [0.2, 0.25) is 0 Å². The molecule has 2 heterocycles. The van der Waals surface area contributed by atoms with Crippen LogP contribution in [0.4, 0.5) is 0 Å². The zero-order valence-electron chi connectivity index (χ0n) is 17.3. The number of nitrogens with zero attached hydrogens (tertiary/aromatic N) is 2. The summed E-state index contributed by atoms with van der Waals surface area (Å²) in [6, 6.07) is 5.77. The van der Waals surface area contributed by atoms with Crippen molar-refractivity contribution in [3.8, 4) is 11.5 Å². The van der Waals surface area contributed by atoms with Gasteiger partial charge in [-0.2, -0.15) is 0 Å². The van der Waals surface area contributed by atoms with Crippen molar-refractivity contribution in [2.45, 2.75) is 25.5 Å². The average molecular weight is 408 g/mol. The van der Waals surface area contributed by atoms with E-state index in [-0.39, 0.29) is 12.5 Å². The number of ether oxygens (including phenoxy) is 3. The van der Waals surface area contributed by atoms with E-state index in [1.54, 1.807) is 7.11 Å². The van der Waals surface area contributed by atoms with Gasteiger partial charge in [-0.25, -0.2) is 0 Å². The number of aliphatic hydroxyl groups excluding tert-OH is 1. The number of carbonyl (C=O) groups excluding carboxylic acids is 1. The molecule has 2 aliphatic rings. The second-order valence-electron chi connectivity index (χ2n) is 7.49. The van der Waals surface area contributed by atoms with Crippen molar-refractivity contribution in [3.63, 3.8) is 0 Å². The second kappa shape index (κ2) is 11.3. The number of β-amino-alcohol motifs (C(OH)–C–C–N with tert-alkyl or cyclic N) is 1. The summed E-state index contributed by atoms with van der Waals surface area (Å²) in [5, 5.41) is 13.8. The molecule has 8 nitrogen and oxygen atoms in total. The van der Waals surface area contributed by atoms with Gasteiger partial charge in [0.2, 0.25) is 5.91 Å². The molecular weight excluding hydrogens is 374 g/mol. The summed E-state index contributed by atoms with van der Waals surface area (Å²) in [6.45, 7) is 6.75. The zero-order valence-corrected chi connectivity index (χ0v) is 17.3. The fraction of sp³-hybridized carbons (Fsp3) is 0.667. The number of benzene rings is 1. The minimum Gasteiger partial charge on any atom is -0.493 e. The summed E-state index contributed by atoms with van der Waals surface area (Å²) in [6.07, 6.45) is 1.04. The number of para-hydroxylation sites is 1. The van der Waals surface area contributed by atoms with Crippen molar-refractivity contribution in [2.24, 2.45) is 0 Å². The van der Waals surface area contributed by atoms with Crippen LogP contribution in [0.15, 0.2) is 18.2 Å². The fourth-order valence-corrected chi connectivity index (χ4v) is 3.72. The summed E-state index contributed by atoms with van der Waals surface area (Å²) in [4.78, 5) is 15.8. The molecule has 162 valence electrons. The van der Waals surface area contributed by atoms with Gasteiger partial charge in [0.05, 0.1) is 20.3 Å². The molecule has 0 aromatic heterocycles. The monoisotopic (exact) mass is 407 g/mol. The third-order valence-corrected chi connectivity index (χ3v) is 5.32. The number of likely N-dealkylation sites (tertiary alicyclic amines) is 1. The maximum atomic E-state index is 11.7. The van der Waals surface area contributed by atoms with Gasteiger partial charge in [-0.1, -0.05) is 12.1 Å². The smallest absolute Gasteiger partial charge is 0.222 e. The summed E-state index contributed by atoms with van der Waals surface area (Å²) in [7, 11) is 1.61. The molecule has 2 fully saturated rings. The summed E-state index contributed by atoms with van der Waals surface area (Å²) in [5.74, 6) is 1.55. The lowest BCUT2D eigenvalue weighted by atomic mass is 10.2. The lowest BCUT2D eigenvalue weighted by molar-refractivity contribution is -0.127. The Hall–Kier alpha value is -1.87. The van der Waals surface area contributed by atoms with Gasteiger partial charge in [-0.15, -0.1) is 0 Å². The first-order valence-electron chi connectivity index (χ1n) is 10.4. The molecule has 8 heteroatoms. The molecule has 2 saturated heterocycles. The van der Waals surface area contributed by atoms with Gasteiger partial charge in [0, 0.05) is 57.8 Å². The minimum atomic E-state index is -0.583. The zero-order chi connectivity index (χ0) is 20.5. The molecule has 0 radical (unpaired) electrons. The number of morpholine rings is 1. The van der Waals surface area contributed by atoms with Crippen molar-refractivity contribution >= 4 is 5.91 Å². The van der Waals surface area contributed by atoms with Crippen LogP contribution < -0.4 is 14.8 Å². The van der Waals surface area contributed by atoms with Gasteiger partial charge < -0.3 is 29.5 Å². The van der Waals surface area contributed by atoms with Crippen LogP contribution in [0.5, 0.6) is 11.5 Å². The number of amides is 1. The number of methoxy groups -OCH3 is 1. The quantitative estimate of drug-likeness (QED) is 0.516. The third-order valence-electron chi connectivity index (χ3n) is 5.32. The van der Waals surface area contributed by atoms with Gasteiger partial charge in [-0.05, 0) is 12.5 Å². The van der Waals surface area contributed by atoms with E-state index in [0.717, 1.165) is 44.7 Å². The maximum absolute atomic E-state index is 11.7. The van der Waals surface area contributed by atoms with Gasteiger partial charge in [-0.3, -0.25) is 9.69 Å². The molecule has 1 aromatic carbocycles. The molecule has 0 saturated carbocycles.